The maximum absolute atomic E-state index is 13.3. The van der Waals surface area contributed by atoms with Crippen LogP contribution >= 0.6 is 11.6 Å². The van der Waals surface area contributed by atoms with Crippen LogP contribution in [0.2, 0.25) is 5.02 Å². The minimum absolute atomic E-state index is 0.0271. The lowest BCUT2D eigenvalue weighted by atomic mass is 9.78. The first-order chi connectivity index (χ1) is 13.1. The number of hydrogen-bond acceptors (Lipinski definition) is 3. The van der Waals surface area contributed by atoms with Crippen LogP contribution in [0.1, 0.15) is 35.2 Å². The van der Waals surface area contributed by atoms with E-state index in [1.165, 1.54) is 0 Å². The fraction of sp³-hybridized carbons (Fsp3) is 0.381. The van der Waals surface area contributed by atoms with E-state index in [0.29, 0.717) is 30.2 Å². The highest BCUT2D eigenvalue weighted by molar-refractivity contribution is 6.30. The molecule has 0 radical (unpaired) electrons. The molecule has 1 aromatic carbocycles. The number of carbonyl (C=O) groups excluding carboxylic acids is 2. The molecule has 0 N–H and O–H groups in total. The molecule has 0 saturated carbocycles. The standard InChI is InChI=1S/C21H22ClN3O2/c22-18-6-4-17(5-7-18)19(26)25-12-9-21(15-25)8-2-11-24(20(21)27)14-16-3-1-10-23-13-16/h1,3-7,10,13H,2,8-9,11-12,14-15H2. The summed E-state index contributed by atoms with van der Waals surface area (Å²) in [5, 5.41) is 0.609. The van der Waals surface area contributed by atoms with Gasteiger partial charge in [-0.2, -0.15) is 0 Å². The van der Waals surface area contributed by atoms with Crippen molar-refractivity contribution in [1.29, 1.82) is 0 Å². The molecule has 1 spiro atoms. The number of benzene rings is 1. The molecule has 5 nitrogen and oxygen atoms in total. The zero-order valence-corrected chi connectivity index (χ0v) is 15.9. The van der Waals surface area contributed by atoms with E-state index in [2.05, 4.69) is 4.98 Å². The number of likely N-dealkylation sites (tertiary alicyclic amines) is 2. The summed E-state index contributed by atoms with van der Waals surface area (Å²) < 4.78 is 0. The minimum Gasteiger partial charge on any atom is -0.338 e. The van der Waals surface area contributed by atoms with E-state index in [0.717, 1.165) is 31.4 Å². The lowest BCUT2D eigenvalue weighted by Gasteiger charge is -2.39. The molecular formula is C21H22ClN3O2. The second-order valence-electron chi connectivity index (χ2n) is 7.46. The fourth-order valence-corrected chi connectivity index (χ4v) is 4.34. The molecule has 6 heteroatoms. The van der Waals surface area contributed by atoms with E-state index >= 15 is 0 Å². The fourth-order valence-electron chi connectivity index (χ4n) is 4.21. The van der Waals surface area contributed by atoms with E-state index in [-0.39, 0.29) is 11.8 Å². The molecule has 2 fully saturated rings. The SMILES string of the molecule is O=C(c1ccc(Cl)cc1)N1CCC2(CCCN(Cc3cccnc3)C2=O)C1. The minimum atomic E-state index is -0.442. The van der Waals surface area contributed by atoms with Gasteiger partial charge in [-0.05, 0) is 55.2 Å². The van der Waals surface area contributed by atoms with Gasteiger partial charge in [-0.25, -0.2) is 0 Å². The molecular weight excluding hydrogens is 362 g/mol. The topological polar surface area (TPSA) is 53.5 Å². The van der Waals surface area contributed by atoms with Gasteiger partial charge in [0.05, 0.1) is 5.41 Å². The number of halogens is 1. The molecule has 2 saturated heterocycles. The zero-order valence-electron chi connectivity index (χ0n) is 15.1. The number of aromatic nitrogens is 1. The van der Waals surface area contributed by atoms with Crippen molar-refractivity contribution in [3.05, 3.63) is 64.9 Å². The summed E-state index contributed by atoms with van der Waals surface area (Å²) in [7, 11) is 0. The van der Waals surface area contributed by atoms with Gasteiger partial charge in [-0.15, -0.1) is 0 Å². The Balaban J connectivity index is 1.47. The van der Waals surface area contributed by atoms with Gasteiger partial charge >= 0.3 is 0 Å². The maximum atomic E-state index is 13.3. The van der Waals surface area contributed by atoms with Crippen molar-refractivity contribution < 1.29 is 9.59 Å². The quantitative estimate of drug-likeness (QED) is 0.816. The Labute approximate surface area is 163 Å². The van der Waals surface area contributed by atoms with Crippen LogP contribution in [0.15, 0.2) is 48.8 Å². The van der Waals surface area contributed by atoms with Crippen molar-refractivity contribution in [3.8, 4) is 0 Å². The van der Waals surface area contributed by atoms with Crippen LogP contribution in [0.25, 0.3) is 0 Å². The van der Waals surface area contributed by atoms with E-state index in [4.69, 9.17) is 11.6 Å². The number of carbonyl (C=O) groups is 2. The van der Waals surface area contributed by atoms with Gasteiger partial charge in [0.2, 0.25) is 5.91 Å². The Morgan fingerprint density at radius 1 is 1.15 bits per heavy atom. The first-order valence-electron chi connectivity index (χ1n) is 9.31. The highest BCUT2D eigenvalue weighted by Gasteiger charge is 2.49. The molecule has 0 bridgehead atoms. The Kier molecular flexibility index (Phi) is 4.87. The summed E-state index contributed by atoms with van der Waals surface area (Å²) in [4.78, 5) is 33.9. The molecule has 2 aromatic rings. The van der Waals surface area contributed by atoms with Crippen molar-refractivity contribution >= 4 is 23.4 Å². The molecule has 4 rings (SSSR count). The van der Waals surface area contributed by atoms with Gasteiger partial charge in [0, 0.05) is 49.2 Å². The number of rotatable bonds is 3. The Hall–Kier alpha value is -2.40. The summed E-state index contributed by atoms with van der Waals surface area (Å²) in [6, 6.07) is 10.8. The summed E-state index contributed by atoms with van der Waals surface area (Å²) in [6.07, 6.45) is 6.09. The summed E-state index contributed by atoms with van der Waals surface area (Å²) in [5.41, 5.74) is 1.21. The number of piperidine rings is 1. The number of hydrogen-bond donors (Lipinski definition) is 0. The van der Waals surface area contributed by atoms with Gasteiger partial charge in [0.25, 0.3) is 5.91 Å². The molecule has 0 aliphatic carbocycles. The van der Waals surface area contributed by atoms with Gasteiger partial charge in [0.15, 0.2) is 0 Å². The molecule has 2 aliphatic rings. The Morgan fingerprint density at radius 3 is 2.70 bits per heavy atom. The molecule has 3 heterocycles. The van der Waals surface area contributed by atoms with E-state index in [9.17, 15) is 9.59 Å². The smallest absolute Gasteiger partial charge is 0.253 e. The monoisotopic (exact) mass is 383 g/mol. The van der Waals surface area contributed by atoms with Crippen LogP contribution in [0.4, 0.5) is 0 Å². The third kappa shape index (κ3) is 3.56. The number of nitrogens with zero attached hydrogens (tertiary/aromatic N) is 3. The second-order valence-corrected chi connectivity index (χ2v) is 7.89. The molecule has 2 aliphatic heterocycles. The summed E-state index contributed by atoms with van der Waals surface area (Å²) in [6.45, 7) is 2.46. The predicted molar refractivity (Wildman–Crippen MR) is 103 cm³/mol. The Morgan fingerprint density at radius 2 is 1.96 bits per heavy atom. The highest BCUT2D eigenvalue weighted by atomic mass is 35.5. The van der Waals surface area contributed by atoms with Gasteiger partial charge < -0.3 is 9.80 Å². The van der Waals surface area contributed by atoms with Gasteiger partial charge in [0.1, 0.15) is 0 Å². The first-order valence-corrected chi connectivity index (χ1v) is 9.68. The van der Waals surface area contributed by atoms with Crippen molar-refractivity contribution in [1.82, 2.24) is 14.8 Å². The number of pyridine rings is 1. The molecule has 1 atom stereocenters. The predicted octanol–water partition coefficient (Wildman–Crippen LogP) is 3.39. The van der Waals surface area contributed by atoms with Crippen LogP contribution in [0, 0.1) is 5.41 Å². The lowest BCUT2D eigenvalue weighted by Crippen LogP contribution is -2.50. The Bertz CT molecular complexity index is 840. The third-order valence-electron chi connectivity index (χ3n) is 5.65. The average molecular weight is 384 g/mol. The van der Waals surface area contributed by atoms with Crippen LogP contribution < -0.4 is 0 Å². The van der Waals surface area contributed by atoms with Crippen LogP contribution in [0.3, 0.4) is 0 Å². The van der Waals surface area contributed by atoms with Crippen LogP contribution in [-0.4, -0.2) is 46.2 Å². The van der Waals surface area contributed by atoms with E-state index < -0.39 is 5.41 Å². The largest absolute Gasteiger partial charge is 0.338 e. The molecule has 1 unspecified atom stereocenters. The number of amides is 2. The van der Waals surface area contributed by atoms with Crippen LogP contribution in [0.5, 0.6) is 0 Å². The van der Waals surface area contributed by atoms with Gasteiger partial charge in [-0.3, -0.25) is 14.6 Å². The first kappa shape index (κ1) is 18.0. The van der Waals surface area contributed by atoms with Crippen molar-refractivity contribution in [3.63, 3.8) is 0 Å². The molecule has 2 amide bonds. The van der Waals surface area contributed by atoms with Gasteiger partial charge in [-0.1, -0.05) is 17.7 Å². The normalized spacial score (nSPS) is 22.5. The maximum Gasteiger partial charge on any atom is 0.253 e. The summed E-state index contributed by atoms with van der Waals surface area (Å²) in [5.74, 6) is 0.143. The van der Waals surface area contributed by atoms with Crippen molar-refractivity contribution in [2.75, 3.05) is 19.6 Å². The van der Waals surface area contributed by atoms with Crippen molar-refractivity contribution in [2.45, 2.75) is 25.8 Å². The van der Waals surface area contributed by atoms with E-state index in [1.54, 1.807) is 36.7 Å². The zero-order chi connectivity index (χ0) is 18.9. The van der Waals surface area contributed by atoms with Crippen molar-refractivity contribution in [2.24, 2.45) is 5.41 Å². The van der Waals surface area contributed by atoms with Crippen LogP contribution in [-0.2, 0) is 11.3 Å². The molecule has 1 aromatic heterocycles. The van der Waals surface area contributed by atoms with E-state index in [1.807, 2.05) is 21.9 Å². The summed E-state index contributed by atoms with van der Waals surface area (Å²) >= 11 is 5.91. The third-order valence-corrected chi connectivity index (χ3v) is 5.90. The lowest BCUT2D eigenvalue weighted by molar-refractivity contribution is -0.146. The second kappa shape index (κ2) is 7.31. The highest BCUT2D eigenvalue weighted by Crippen LogP contribution is 2.41. The molecule has 27 heavy (non-hydrogen) atoms. The molecule has 140 valence electrons. The average Bonchev–Trinajstić information content (AvgIpc) is 3.12.